The van der Waals surface area contributed by atoms with Crippen molar-refractivity contribution in [1.82, 2.24) is 29.9 Å². The van der Waals surface area contributed by atoms with Crippen LogP contribution in [0.3, 0.4) is 0 Å². The molecule has 2 atom stereocenters. The van der Waals surface area contributed by atoms with Crippen LogP contribution < -0.4 is 25.1 Å². The number of amides is 2. The summed E-state index contributed by atoms with van der Waals surface area (Å²) in [6, 6.07) is 7.46. The topological polar surface area (TPSA) is 165 Å². The first-order valence-electron chi connectivity index (χ1n) is 17.8. The maximum absolute atomic E-state index is 12.7. The molecule has 4 aromatic rings. The summed E-state index contributed by atoms with van der Waals surface area (Å²) in [5, 5.41) is 17.3. The van der Waals surface area contributed by atoms with E-state index >= 15 is 0 Å². The smallest absolute Gasteiger partial charge is 0.423 e. The summed E-state index contributed by atoms with van der Waals surface area (Å²) in [5.41, 5.74) is 2.96. The highest BCUT2D eigenvalue weighted by molar-refractivity contribution is 6.58. The summed E-state index contributed by atoms with van der Waals surface area (Å²) in [6.07, 6.45) is 18.4. The third-order valence-corrected chi connectivity index (χ3v) is 10.4. The quantitative estimate of drug-likeness (QED) is 0.213. The Morgan fingerprint density at radius 2 is 1.19 bits per heavy atom. The molecule has 4 aliphatic rings. The van der Waals surface area contributed by atoms with Gasteiger partial charge in [-0.3, -0.25) is 19.6 Å². The van der Waals surface area contributed by atoms with E-state index in [0.717, 1.165) is 67.1 Å². The van der Waals surface area contributed by atoms with E-state index in [9.17, 15) is 9.59 Å². The average Bonchev–Trinajstić information content (AvgIpc) is 3.12. The predicted octanol–water partition coefficient (Wildman–Crippen LogP) is 4.29. The van der Waals surface area contributed by atoms with E-state index in [1.54, 1.807) is 53.8 Å². The Morgan fingerprint density at radius 3 is 1.60 bits per heavy atom. The van der Waals surface area contributed by atoms with Gasteiger partial charge < -0.3 is 29.6 Å². The molecule has 0 unspecified atom stereocenters. The molecule has 0 saturated heterocycles. The Hall–Kier alpha value is -4.73. The zero-order chi connectivity index (χ0) is 36.9. The minimum absolute atomic E-state index is 0. The fourth-order valence-electron chi connectivity index (χ4n) is 6.89. The van der Waals surface area contributed by atoms with Gasteiger partial charge in [0.1, 0.15) is 23.5 Å². The zero-order valence-electron chi connectivity index (χ0n) is 29.9. The van der Waals surface area contributed by atoms with Crippen molar-refractivity contribution in [3.63, 3.8) is 0 Å². The van der Waals surface area contributed by atoms with Crippen molar-refractivity contribution in [3.05, 3.63) is 66.7 Å². The Morgan fingerprint density at radius 1 is 0.736 bits per heavy atom. The van der Waals surface area contributed by atoms with Gasteiger partial charge >= 0.3 is 7.12 Å². The summed E-state index contributed by atoms with van der Waals surface area (Å²) in [4.78, 5) is 58.4. The second-order valence-corrected chi connectivity index (χ2v) is 13.6. The Kier molecular flexibility index (Phi) is 13.0. The van der Waals surface area contributed by atoms with Crippen LogP contribution in [-0.4, -0.2) is 97.1 Å². The number of fused-ring (bicyclic) bond motifs is 2. The number of aromatic nitrogens is 6. The van der Waals surface area contributed by atoms with Crippen LogP contribution in [0.5, 0.6) is 0 Å². The van der Waals surface area contributed by atoms with E-state index in [1.165, 1.54) is 25.2 Å². The van der Waals surface area contributed by atoms with E-state index in [0.29, 0.717) is 23.4 Å². The lowest BCUT2D eigenvalue weighted by molar-refractivity contribution is -0.121. The Labute approximate surface area is 316 Å². The molecule has 4 aromatic heterocycles. The van der Waals surface area contributed by atoms with Crippen LogP contribution in [-0.2, 0) is 9.59 Å². The lowest BCUT2D eigenvalue weighted by Gasteiger charge is -2.47. The van der Waals surface area contributed by atoms with Crippen molar-refractivity contribution in [3.8, 4) is 11.4 Å². The van der Waals surface area contributed by atoms with Gasteiger partial charge in [-0.05, 0) is 92.7 Å². The molecule has 0 aromatic carbocycles. The average molecular weight is 743 g/mol. The van der Waals surface area contributed by atoms with Gasteiger partial charge in [-0.2, -0.15) is 4.98 Å². The number of hydrogen-bond acceptors (Lipinski definition) is 12. The first kappa shape index (κ1) is 39.5. The molecule has 0 radical (unpaired) electrons. The molecule has 2 amide bonds. The van der Waals surface area contributed by atoms with Crippen LogP contribution in [0.15, 0.2) is 61.4 Å². The molecule has 280 valence electrons. The molecule has 2 aliphatic heterocycles. The normalized spacial score (nSPS) is 19.3. The number of carbonyl (C=O) groups is 2. The van der Waals surface area contributed by atoms with Gasteiger partial charge in [-0.15, -0.1) is 0 Å². The summed E-state index contributed by atoms with van der Waals surface area (Å²) in [6.45, 7) is 4.11. The van der Waals surface area contributed by atoms with Crippen molar-refractivity contribution >= 4 is 59.0 Å². The van der Waals surface area contributed by atoms with Crippen molar-refractivity contribution in [2.24, 2.45) is 0 Å². The lowest BCUT2D eigenvalue weighted by atomic mass is 9.81. The largest absolute Gasteiger partial charge is 0.488 e. The van der Waals surface area contributed by atoms with Gasteiger partial charge in [-0.1, -0.05) is 21.3 Å². The number of rotatable bonds is 6. The molecule has 2 fully saturated rings. The minimum Gasteiger partial charge on any atom is -0.423 e. The van der Waals surface area contributed by atoms with Gasteiger partial charge in [0.15, 0.2) is 17.5 Å². The van der Waals surface area contributed by atoms with E-state index in [4.69, 9.17) is 26.6 Å². The van der Waals surface area contributed by atoms with Crippen molar-refractivity contribution < 1.29 is 19.6 Å². The van der Waals surface area contributed by atoms with Gasteiger partial charge in [0.05, 0.1) is 12.4 Å². The highest BCUT2D eigenvalue weighted by Crippen LogP contribution is 2.42. The second-order valence-electron chi connectivity index (χ2n) is 13.3. The molecular weight excluding hydrogens is 695 g/mol. The number of pyridine rings is 2. The van der Waals surface area contributed by atoms with Gasteiger partial charge in [0.2, 0.25) is 17.1 Å². The van der Waals surface area contributed by atoms with Crippen molar-refractivity contribution in [2.45, 2.75) is 96.8 Å². The molecular formula is C37H48BClN10O4. The molecule has 2 N–H and O–H groups in total. The number of likely N-dealkylation sites (N-methyl/N-ethyl adjacent to an activating group) is 2. The van der Waals surface area contributed by atoms with E-state index < -0.39 is 7.12 Å². The van der Waals surface area contributed by atoms with Crippen LogP contribution in [0.25, 0.3) is 11.4 Å². The number of halogens is 1. The molecule has 6 heterocycles. The van der Waals surface area contributed by atoms with Crippen LogP contribution in [0, 0.1) is 0 Å². The SMILES string of the molecule is C.CC[C@@H]1C(=O)N(C)c2cnc(-c3ccncc3)nc2N1C1CCC1.CC[C@@H]1C(=O)N(C)c2cnc(Cl)nc2N1C1CCC1.OB(O)c1ccncc1. The van der Waals surface area contributed by atoms with Crippen molar-refractivity contribution in [2.75, 3.05) is 33.7 Å². The van der Waals surface area contributed by atoms with E-state index in [1.807, 2.05) is 26.1 Å². The third-order valence-electron chi connectivity index (χ3n) is 10.2. The number of anilines is 4. The first-order valence-corrected chi connectivity index (χ1v) is 18.2. The summed E-state index contributed by atoms with van der Waals surface area (Å²) >= 11 is 5.93. The van der Waals surface area contributed by atoms with Crippen LogP contribution in [0.2, 0.25) is 5.28 Å². The first-order chi connectivity index (χ1) is 25.1. The van der Waals surface area contributed by atoms with Gasteiger partial charge in [-0.25, -0.2) is 15.0 Å². The van der Waals surface area contributed by atoms with Crippen LogP contribution in [0.4, 0.5) is 23.0 Å². The summed E-state index contributed by atoms with van der Waals surface area (Å²) < 4.78 is 0. The molecule has 8 rings (SSSR count). The predicted molar refractivity (Wildman–Crippen MR) is 208 cm³/mol. The number of nitrogens with zero attached hydrogens (tertiary/aromatic N) is 10. The van der Waals surface area contributed by atoms with Crippen molar-refractivity contribution in [1.29, 1.82) is 0 Å². The fourth-order valence-corrected chi connectivity index (χ4v) is 7.01. The van der Waals surface area contributed by atoms with Crippen LogP contribution in [0.1, 0.15) is 72.6 Å². The summed E-state index contributed by atoms with van der Waals surface area (Å²) in [7, 11) is 2.21. The fraction of sp³-hybridized carbons (Fsp3) is 0.459. The number of hydrogen-bond donors (Lipinski definition) is 2. The molecule has 2 saturated carbocycles. The highest BCUT2D eigenvalue weighted by Gasteiger charge is 2.43. The molecule has 53 heavy (non-hydrogen) atoms. The Balaban J connectivity index is 0.000000167. The molecule has 16 heteroatoms. The van der Waals surface area contributed by atoms with Gasteiger partial charge in [0.25, 0.3) is 0 Å². The Bertz CT molecular complexity index is 1850. The maximum Gasteiger partial charge on any atom is 0.488 e. The number of carbonyl (C=O) groups excluding carboxylic acids is 2. The van der Waals surface area contributed by atoms with Crippen LogP contribution >= 0.6 is 11.6 Å². The molecule has 0 spiro atoms. The van der Waals surface area contributed by atoms with Gasteiger partial charge in [0, 0.05) is 56.5 Å². The highest BCUT2D eigenvalue weighted by atomic mass is 35.5. The maximum atomic E-state index is 12.7. The molecule has 2 aliphatic carbocycles. The summed E-state index contributed by atoms with van der Waals surface area (Å²) in [5.74, 6) is 2.62. The third kappa shape index (κ3) is 8.12. The standard InChI is InChI=1S/C18H21N5O.C13H17ClN4O.C5H6BNO2.CH4/c1-3-14-18(24)22(2)15-11-20-16(12-7-9-19-10-8-12)21-17(15)23(14)13-5-4-6-13;1-3-9-12(19)17(2)10-7-15-13(14)16-11(10)18(9)8-5-4-6-8;8-6(9)5-1-3-7-4-2-5;/h7-11,13-14H,3-6H2,1-2H3;7-9H,3-6H2,1-2H3;1-4,8-9H;1H4/t14-;9-;;/m11../s1. The zero-order valence-corrected chi connectivity index (χ0v) is 30.6. The lowest BCUT2D eigenvalue weighted by Crippen LogP contribution is -2.57. The minimum atomic E-state index is -1.38. The second kappa shape index (κ2) is 17.4. The molecule has 0 bridgehead atoms. The monoisotopic (exact) mass is 742 g/mol. The molecule has 14 nitrogen and oxygen atoms in total. The van der Waals surface area contributed by atoms with E-state index in [2.05, 4.69) is 41.6 Å². The van der Waals surface area contributed by atoms with E-state index in [-0.39, 0.29) is 36.6 Å².